The predicted octanol–water partition coefficient (Wildman–Crippen LogP) is 4.24. The van der Waals surface area contributed by atoms with Crippen LogP contribution in [0.15, 0.2) is 54.6 Å². The molecule has 0 saturated carbocycles. The van der Waals surface area contributed by atoms with Gasteiger partial charge in [-0.2, -0.15) is 0 Å². The maximum atomic E-state index is 12.5. The van der Waals surface area contributed by atoms with Crippen molar-refractivity contribution >= 4 is 28.2 Å². The van der Waals surface area contributed by atoms with Crippen LogP contribution >= 0.6 is 11.3 Å². The fourth-order valence-corrected chi connectivity index (χ4v) is 4.31. The van der Waals surface area contributed by atoms with Crippen molar-refractivity contribution in [1.29, 1.82) is 0 Å². The Balaban J connectivity index is 1.84. The third-order valence-electron chi connectivity index (χ3n) is 4.56. The summed E-state index contributed by atoms with van der Waals surface area (Å²) in [7, 11) is 0. The standard InChI is InChI=1S/C22H22N2O2S/c1-14-8-6-7-11-17(14)13-19(25)24-22-20(21(23)26)15(2)18(27-22)12-16-9-4-3-5-10-16/h3-11H,12-13H2,1-2H3,(H2,23,26)(H,24,25). The van der Waals surface area contributed by atoms with Gasteiger partial charge >= 0.3 is 0 Å². The van der Waals surface area contributed by atoms with E-state index in [9.17, 15) is 9.59 Å². The Morgan fingerprint density at radius 3 is 2.33 bits per heavy atom. The quantitative estimate of drug-likeness (QED) is 0.673. The van der Waals surface area contributed by atoms with Crippen molar-refractivity contribution in [3.05, 3.63) is 87.3 Å². The van der Waals surface area contributed by atoms with Crippen LogP contribution in [0.5, 0.6) is 0 Å². The number of benzene rings is 2. The normalized spacial score (nSPS) is 10.6. The Hall–Kier alpha value is -2.92. The molecular weight excluding hydrogens is 356 g/mol. The van der Waals surface area contributed by atoms with Gasteiger partial charge in [0.25, 0.3) is 5.91 Å². The Morgan fingerprint density at radius 2 is 1.67 bits per heavy atom. The molecule has 4 nitrogen and oxygen atoms in total. The highest BCUT2D eigenvalue weighted by molar-refractivity contribution is 7.17. The molecule has 0 bridgehead atoms. The summed E-state index contributed by atoms with van der Waals surface area (Å²) in [6.07, 6.45) is 0.959. The van der Waals surface area contributed by atoms with Crippen LogP contribution in [0.25, 0.3) is 0 Å². The number of hydrogen-bond acceptors (Lipinski definition) is 3. The number of anilines is 1. The van der Waals surface area contributed by atoms with Crippen LogP contribution in [-0.2, 0) is 17.6 Å². The zero-order valence-electron chi connectivity index (χ0n) is 15.4. The zero-order valence-corrected chi connectivity index (χ0v) is 16.2. The number of aryl methyl sites for hydroxylation is 1. The SMILES string of the molecule is Cc1ccccc1CC(=O)Nc1sc(Cc2ccccc2)c(C)c1C(N)=O. The number of primary amides is 1. The van der Waals surface area contributed by atoms with Gasteiger partial charge in [0, 0.05) is 11.3 Å². The second-order valence-corrected chi connectivity index (χ2v) is 7.64. The van der Waals surface area contributed by atoms with Gasteiger partial charge in [0.05, 0.1) is 12.0 Å². The lowest BCUT2D eigenvalue weighted by Crippen LogP contribution is -2.19. The van der Waals surface area contributed by atoms with E-state index in [-0.39, 0.29) is 12.3 Å². The van der Waals surface area contributed by atoms with E-state index < -0.39 is 5.91 Å². The number of nitrogens with two attached hydrogens (primary N) is 1. The van der Waals surface area contributed by atoms with Gasteiger partial charge < -0.3 is 11.1 Å². The third kappa shape index (κ3) is 4.44. The van der Waals surface area contributed by atoms with Gasteiger partial charge in [-0.1, -0.05) is 54.6 Å². The van der Waals surface area contributed by atoms with E-state index in [2.05, 4.69) is 5.32 Å². The minimum atomic E-state index is -0.519. The molecule has 0 unspecified atom stereocenters. The number of hydrogen-bond donors (Lipinski definition) is 2. The summed E-state index contributed by atoms with van der Waals surface area (Å²) in [6, 6.07) is 17.8. The summed E-state index contributed by atoms with van der Waals surface area (Å²) in [4.78, 5) is 25.5. The van der Waals surface area contributed by atoms with Gasteiger partial charge in [-0.05, 0) is 36.1 Å². The second kappa shape index (κ2) is 8.18. The molecule has 2 amide bonds. The molecule has 0 atom stereocenters. The molecule has 1 aromatic heterocycles. The number of rotatable bonds is 6. The highest BCUT2D eigenvalue weighted by atomic mass is 32.1. The largest absolute Gasteiger partial charge is 0.365 e. The average molecular weight is 378 g/mol. The van der Waals surface area contributed by atoms with E-state index in [1.54, 1.807) is 0 Å². The first-order chi connectivity index (χ1) is 13.0. The molecule has 5 heteroatoms. The highest BCUT2D eigenvalue weighted by Crippen LogP contribution is 2.34. The number of carbonyl (C=O) groups is 2. The first-order valence-electron chi connectivity index (χ1n) is 8.76. The summed E-state index contributed by atoms with van der Waals surface area (Å²) in [5.74, 6) is -0.673. The van der Waals surface area contributed by atoms with E-state index >= 15 is 0 Å². The Bertz CT molecular complexity index is 977. The minimum absolute atomic E-state index is 0.153. The van der Waals surface area contributed by atoms with Crippen LogP contribution in [0.1, 0.15) is 37.5 Å². The number of carbonyl (C=O) groups excluding carboxylic acids is 2. The molecular formula is C22H22N2O2S. The van der Waals surface area contributed by atoms with Gasteiger partial charge in [-0.3, -0.25) is 9.59 Å². The first kappa shape index (κ1) is 18.9. The van der Waals surface area contributed by atoms with Gasteiger partial charge in [-0.15, -0.1) is 11.3 Å². The summed E-state index contributed by atoms with van der Waals surface area (Å²) in [5.41, 5.74) is 10.0. The molecule has 138 valence electrons. The molecule has 0 spiro atoms. The maximum absolute atomic E-state index is 12.5. The molecule has 0 fully saturated rings. The lowest BCUT2D eigenvalue weighted by molar-refractivity contribution is -0.115. The van der Waals surface area contributed by atoms with Crippen LogP contribution in [0, 0.1) is 13.8 Å². The fraction of sp³-hybridized carbons (Fsp3) is 0.182. The van der Waals surface area contributed by atoms with E-state index in [0.29, 0.717) is 17.0 Å². The van der Waals surface area contributed by atoms with Crippen molar-refractivity contribution < 1.29 is 9.59 Å². The highest BCUT2D eigenvalue weighted by Gasteiger charge is 2.21. The summed E-state index contributed by atoms with van der Waals surface area (Å²) >= 11 is 1.42. The van der Waals surface area contributed by atoms with Crippen molar-refractivity contribution in [2.24, 2.45) is 5.73 Å². The molecule has 3 N–H and O–H groups in total. The minimum Gasteiger partial charge on any atom is -0.365 e. The lowest BCUT2D eigenvalue weighted by atomic mass is 10.0. The zero-order chi connectivity index (χ0) is 19.4. The van der Waals surface area contributed by atoms with Gasteiger partial charge in [-0.25, -0.2) is 0 Å². The van der Waals surface area contributed by atoms with E-state index in [4.69, 9.17) is 5.73 Å². The van der Waals surface area contributed by atoms with Gasteiger partial charge in [0.15, 0.2) is 0 Å². The maximum Gasteiger partial charge on any atom is 0.251 e. The molecule has 3 rings (SSSR count). The van der Waals surface area contributed by atoms with Crippen LogP contribution in [0.3, 0.4) is 0 Å². The first-order valence-corrected chi connectivity index (χ1v) is 9.57. The van der Waals surface area contributed by atoms with Crippen LogP contribution in [0.4, 0.5) is 5.00 Å². The van der Waals surface area contributed by atoms with Crippen molar-refractivity contribution in [1.82, 2.24) is 0 Å². The average Bonchev–Trinajstić information content (AvgIpc) is 2.93. The topological polar surface area (TPSA) is 72.2 Å². The number of thiophene rings is 1. The van der Waals surface area contributed by atoms with Crippen LogP contribution < -0.4 is 11.1 Å². The molecule has 1 heterocycles. The molecule has 27 heavy (non-hydrogen) atoms. The van der Waals surface area contributed by atoms with Crippen LogP contribution in [-0.4, -0.2) is 11.8 Å². The molecule has 0 aliphatic heterocycles. The fourth-order valence-electron chi connectivity index (χ4n) is 3.05. The summed E-state index contributed by atoms with van der Waals surface area (Å²) in [5, 5.41) is 3.43. The smallest absolute Gasteiger partial charge is 0.251 e. The predicted molar refractivity (Wildman–Crippen MR) is 110 cm³/mol. The molecule has 0 aliphatic carbocycles. The summed E-state index contributed by atoms with van der Waals surface area (Å²) < 4.78 is 0. The number of nitrogens with one attached hydrogen (secondary N) is 1. The Morgan fingerprint density at radius 1 is 1.00 bits per heavy atom. The van der Waals surface area contributed by atoms with Crippen molar-refractivity contribution in [3.8, 4) is 0 Å². The van der Waals surface area contributed by atoms with Crippen molar-refractivity contribution in [3.63, 3.8) is 0 Å². The molecule has 3 aromatic rings. The van der Waals surface area contributed by atoms with Crippen molar-refractivity contribution in [2.45, 2.75) is 26.7 Å². The van der Waals surface area contributed by atoms with E-state index in [1.807, 2.05) is 68.4 Å². The molecule has 2 aromatic carbocycles. The lowest BCUT2D eigenvalue weighted by Gasteiger charge is -2.07. The third-order valence-corrected chi connectivity index (χ3v) is 5.77. The second-order valence-electron chi connectivity index (χ2n) is 6.53. The molecule has 0 aliphatic rings. The monoisotopic (exact) mass is 378 g/mol. The Labute approximate surface area is 163 Å². The van der Waals surface area contributed by atoms with Crippen molar-refractivity contribution in [2.75, 3.05) is 5.32 Å². The molecule has 0 radical (unpaired) electrons. The molecule has 0 saturated heterocycles. The number of amides is 2. The van der Waals surface area contributed by atoms with E-state index in [0.717, 1.165) is 27.1 Å². The Kier molecular flexibility index (Phi) is 5.72. The van der Waals surface area contributed by atoms with Gasteiger partial charge in [0.2, 0.25) is 5.91 Å². The van der Waals surface area contributed by atoms with Gasteiger partial charge in [0.1, 0.15) is 5.00 Å². The summed E-state index contributed by atoms with van der Waals surface area (Å²) in [6.45, 7) is 3.86. The van der Waals surface area contributed by atoms with Crippen LogP contribution in [0.2, 0.25) is 0 Å². The van der Waals surface area contributed by atoms with E-state index in [1.165, 1.54) is 11.3 Å².